The zero-order valence-corrected chi connectivity index (χ0v) is 16.3. The molecule has 1 aromatic rings. The van der Waals surface area contributed by atoms with Crippen molar-refractivity contribution in [3.05, 3.63) is 18.2 Å². The van der Waals surface area contributed by atoms with Crippen LogP contribution in [0.25, 0.3) is 0 Å². The molecule has 27 heavy (non-hydrogen) atoms. The highest BCUT2D eigenvalue weighted by molar-refractivity contribution is 6.10. The van der Waals surface area contributed by atoms with Gasteiger partial charge in [-0.2, -0.15) is 0 Å². The summed E-state index contributed by atoms with van der Waals surface area (Å²) >= 11 is 0. The SMILES string of the molecule is COc1ccc(N)c(NC(=O)CN2C(=O)N(C)C3(CCCCC3)C2=O)c1.Cl. The lowest BCUT2D eigenvalue weighted by atomic mass is 9.81. The molecule has 0 unspecified atom stereocenters. The Morgan fingerprint density at radius 3 is 2.56 bits per heavy atom. The van der Waals surface area contributed by atoms with Gasteiger partial charge in [0.25, 0.3) is 5.91 Å². The van der Waals surface area contributed by atoms with Crippen LogP contribution in [0.4, 0.5) is 16.2 Å². The third-order valence-electron chi connectivity index (χ3n) is 5.32. The van der Waals surface area contributed by atoms with Gasteiger partial charge in [-0.1, -0.05) is 19.3 Å². The Morgan fingerprint density at radius 2 is 1.93 bits per heavy atom. The van der Waals surface area contributed by atoms with Crippen molar-refractivity contribution in [1.82, 2.24) is 9.80 Å². The highest BCUT2D eigenvalue weighted by Crippen LogP contribution is 2.39. The van der Waals surface area contributed by atoms with E-state index in [1.807, 2.05) is 0 Å². The molecule has 1 aliphatic heterocycles. The lowest BCUT2D eigenvalue weighted by molar-refractivity contribution is -0.136. The van der Waals surface area contributed by atoms with E-state index in [0.29, 0.717) is 30.0 Å². The Morgan fingerprint density at radius 1 is 1.26 bits per heavy atom. The predicted molar refractivity (Wildman–Crippen MR) is 104 cm³/mol. The number of methoxy groups -OCH3 is 1. The quantitative estimate of drug-likeness (QED) is 0.599. The maximum Gasteiger partial charge on any atom is 0.327 e. The van der Waals surface area contributed by atoms with E-state index in [9.17, 15) is 14.4 Å². The van der Waals surface area contributed by atoms with Crippen molar-refractivity contribution in [2.45, 2.75) is 37.6 Å². The van der Waals surface area contributed by atoms with Crippen LogP contribution in [-0.2, 0) is 9.59 Å². The van der Waals surface area contributed by atoms with Gasteiger partial charge in [-0.3, -0.25) is 14.5 Å². The number of carbonyl (C=O) groups excluding carboxylic acids is 3. The molecule has 1 aromatic carbocycles. The lowest BCUT2D eigenvalue weighted by Crippen LogP contribution is -2.49. The fourth-order valence-electron chi connectivity index (χ4n) is 3.78. The number of nitrogens with zero attached hydrogens (tertiary/aromatic N) is 2. The number of nitrogens with one attached hydrogen (secondary N) is 1. The molecule has 3 rings (SSSR count). The minimum Gasteiger partial charge on any atom is -0.497 e. The summed E-state index contributed by atoms with van der Waals surface area (Å²) in [7, 11) is 3.15. The summed E-state index contributed by atoms with van der Waals surface area (Å²) in [5.41, 5.74) is 5.83. The highest BCUT2D eigenvalue weighted by Gasteiger charge is 2.55. The largest absolute Gasteiger partial charge is 0.497 e. The number of halogens is 1. The number of likely N-dealkylation sites (N-methyl/N-ethyl adjacent to an activating group) is 1. The number of hydrogen-bond donors (Lipinski definition) is 2. The van der Waals surface area contributed by atoms with Crippen LogP contribution < -0.4 is 15.8 Å². The highest BCUT2D eigenvalue weighted by atomic mass is 35.5. The lowest BCUT2D eigenvalue weighted by Gasteiger charge is -2.35. The van der Waals surface area contributed by atoms with Crippen LogP contribution in [-0.4, -0.2) is 53.9 Å². The topological polar surface area (TPSA) is 105 Å². The summed E-state index contributed by atoms with van der Waals surface area (Å²) < 4.78 is 5.12. The van der Waals surface area contributed by atoms with Crippen LogP contribution in [0.1, 0.15) is 32.1 Å². The summed E-state index contributed by atoms with van der Waals surface area (Å²) in [4.78, 5) is 40.4. The van der Waals surface area contributed by atoms with E-state index < -0.39 is 17.5 Å². The molecule has 2 aliphatic rings. The van der Waals surface area contributed by atoms with E-state index >= 15 is 0 Å². The molecule has 0 bridgehead atoms. The van der Waals surface area contributed by atoms with Gasteiger partial charge in [-0.25, -0.2) is 4.79 Å². The average Bonchev–Trinajstić information content (AvgIpc) is 2.80. The molecular weight excluding hydrogens is 372 g/mol. The van der Waals surface area contributed by atoms with Gasteiger partial charge in [0.15, 0.2) is 0 Å². The Labute approximate surface area is 164 Å². The van der Waals surface area contributed by atoms with Crippen LogP contribution in [0.15, 0.2) is 18.2 Å². The molecule has 0 aromatic heterocycles. The van der Waals surface area contributed by atoms with Gasteiger partial charge in [0.05, 0.1) is 18.5 Å². The Kier molecular flexibility index (Phi) is 6.20. The number of amides is 4. The van der Waals surface area contributed by atoms with Crippen molar-refractivity contribution in [2.75, 3.05) is 31.8 Å². The Bertz CT molecular complexity index is 749. The summed E-state index contributed by atoms with van der Waals surface area (Å²) in [6.45, 7) is -0.333. The van der Waals surface area contributed by atoms with Gasteiger partial charge in [-0.05, 0) is 25.0 Å². The zero-order chi connectivity index (χ0) is 18.9. The van der Waals surface area contributed by atoms with Gasteiger partial charge in [0.1, 0.15) is 17.8 Å². The molecule has 1 saturated heterocycles. The smallest absolute Gasteiger partial charge is 0.327 e. The number of nitrogen functional groups attached to an aromatic ring is 1. The number of carbonyl (C=O) groups is 3. The number of nitrogens with two attached hydrogens (primary N) is 1. The van der Waals surface area contributed by atoms with Crippen molar-refractivity contribution >= 4 is 41.6 Å². The summed E-state index contributed by atoms with van der Waals surface area (Å²) in [6.07, 6.45) is 4.17. The first kappa shape index (κ1) is 20.8. The Balaban J connectivity index is 0.00000261. The fourth-order valence-corrected chi connectivity index (χ4v) is 3.78. The summed E-state index contributed by atoms with van der Waals surface area (Å²) in [6, 6.07) is 4.46. The Hall–Kier alpha value is -2.48. The minimum atomic E-state index is -0.787. The van der Waals surface area contributed by atoms with Gasteiger partial charge in [-0.15, -0.1) is 12.4 Å². The van der Waals surface area contributed by atoms with Gasteiger partial charge >= 0.3 is 6.03 Å². The van der Waals surface area contributed by atoms with Crippen molar-refractivity contribution in [3.8, 4) is 5.75 Å². The second kappa shape index (κ2) is 8.04. The molecule has 2 fully saturated rings. The van der Waals surface area contributed by atoms with Crippen LogP contribution in [0, 0.1) is 0 Å². The van der Waals surface area contributed by atoms with E-state index in [0.717, 1.165) is 24.2 Å². The van der Waals surface area contributed by atoms with E-state index in [4.69, 9.17) is 10.5 Å². The molecule has 4 amide bonds. The predicted octanol–water partition coefficient (Wildman–Crippen LogP) is 2.23. The summed E-state index contributed by atoms with van der Waals surface area (Å²) in [5, 5.41) is 2.65. The number of imide groups is 1. The van der Waals surface area contributed by atoms with Gasteiger partial charge in [0.2, 0.25) is 5.91 Å². The second-order valence-electron chi connectivity index (χ2n) is 6.83. The van der Waals surface area contributed by atoms with Crippen molar-refractivity contribution in [3.63, 3.8) is 0 Å². The minimum absolute atomic E-state index is 0. The second-order valence-corrected chi connectivity index (χ2v) is 6.83. The van der Waals surface area contributed by atoms with Gasteiger partial charge < -0.3 is 20.7 Å². The number of rotatable bonds is 4. The third kappa shape index (κ3) is 3.66. The number of ether oxygens (including phenoxy) is 1. The first-order valence-corrected chi connectivity index (χ1v) is 8.72. The van der Waals surface area contributed by atoms with Gasteiger partial charge in [0, 0.05) is 13.1 Å². The molecule has 1 aliphatic carbocycles. The maximum absolute atomic E-state index is 12.9. The molecule has 1 spiro atoms. The van der Waals surface area contributed by atoms with E-state index in [-0.39, 0.29) is 24.9 Å². The molecular formula is C18H25ClN4O4. The molecule has 8 nitrogen and oxygen atoms in total. The van der Waals surface area contributed by atoms with Crippen molar-refractivity contribution < 1.29 is 19.1 Å². The van der Waals surface area contributed by atoms with Crippen molar-refractivity contribution in [2.24, 2.45) is 0 Å². The summed E-state index contributed by atoms with van der Waals surface area (Å²) in [5.74, 6) is -0.213. The first-order chi connectivity index (χ1) is 12.4. The monoisotopic (exact) mass is 396 g/mol. The molecule has 1 saturated carbocycles. The molecule has 0 atom stereocenters. The van der Waals surface area contributed by atoms with E-state index in [1.54, 1.807) is 25.2 Å². The molecule has 148 valence electrons. The molecule has 0 radical (unpaired) electrons. The van der Waals surface area contributed by atoms with Crippen molar-refractivity contribution in [1.29, 1.82) is 0 Å². The number of hydrogen-bond acceptors (Lipinski definition) is 5. The average molecular weight is 397 g/mol. The first-order valence-electron chi connectivity index (χ1n) is 8.72. The number of anilines is 2. The van der Waals surface area contributed by atoms with Crippen LogP contribution in [0.5, 0.6) is 5.75 Å². The standard InChI is InChI=1S/C18H24N4O4.ClH/c1-21-17(25)22(16(24)18(21)8-4-3-5-9-18)11-15(23)20-14-10-12(26-2)6-7-13(14)19;/h6-7,10H,3-5,8-9,11,19H2,1-2H3,(H,20,23);1H. The molecule has 9 heteroatoms. The molecule has 1 heterocycles. The van der Waals surface area contributed by atoms with E-state index in [1.165, 1.54) is 12.0 Å². The van der Waals surface area contributed by atoms with E-state index in [2.05, 4.69) is 5.32 Å². The third-order valence-corrected chi connectivity index (χ3v) is 5.32. The zero-order valence-electron chi connectivity index (χ0n) is 15.5. The normalized spacial score (nSPS) is 18.4. The number of benzene rings is 1. The van der Waals surface area contributed by atoms with Crippen LogP contribution in [0.3, 0.4) is 0 Å². The number of urea groups is 1. The fraction of sp³-hybridized carbons (Fsp3) is 0.500. The van der Waals surface area contributed by atoms with Crippen LogP contribution >= 0.6 is 12.4 Å². The maximum atomic E-state index is 12.9. The molecule has 3 N–H and O–H groups in total. The van der Waals surface area contributed by atoms with Crippen LogP contribution in [0.2, 0.25) is 0 Å².